The van der Waals surface area contributed by atoms with E-state index in [-0.39, 0.29) is 28.1 Å². The predicted molar refractivity (Wildman–Crippen MR) is 88.1 cm³/mol. The minimum absolute atomic E-state index is 0.0709. The lowest BCUT2D eigenvalue weighted by Crippen LogP contribution is -2.19. The summed E-state index contributed by atoms with van der Waals surface area (Å²) in [6.07, 6.45) is 0. The molecule has 2 aromatic carbocycles. The van der Waals surface area contributed by atoms with Gasteiger partial charge in [0.1, 0.15) is 10.8 Å². The predicted octanol–water partition coefficient (Wildman–Crippen LogP) is 4.00. The molecule has 23 heavy (non-hydrogen) atoms. The first kappa shape index (κ1) is 16.8. The van der Waals surface area contributed by atoms with Crippen LogP contribution < -0.4 is 10.1 Å². The van der Waals surface area contributed by atoms with E-state index in [1.807, 2.05) is 30.3 Å². The molecule has 2 rings (SSSR count). The maximum Gasteiger partial charge on any atom is 0.291 e. The normalized spacial score (nSPS) is 11.6. The van der Waals surface area contributed by atoms with E-state index in [0.29, 0.717) is 0 Å². The standard InChI is InChI=1S/C16H15ClN2O4/c1-10(11-6-4-3-5-7-11)16(20)18-13-8-12(17)14(19(21)22)9-15(13)23-2/h3-10H,1-2H3,(H,18,20)/t10-/m1/s1. The van der Waals surface area contributed by atoms with Crippen LogP contribution in [0.2, 0.25) is 5.02 Å². The van der Waals surface area contributed by atoms with Gasteiger partial charge in [-0.15, -0.1) is 0 Å². The lowest BCUT2D eigenvalue weighted by molar-refractivity contribution is -0.384. The maximum atomic E-state index is 12.4. The van der Waals surface area contributed by atoms with Crippen molar-refractivity contribution in [2.75, 3.05) is 12.4 Å². The fourth-order valence-corrected chi connectivity index (χ4v) is 2.32. The van der Waals surface area contributed by atoms with E-state index in [0.717, 1.165) is 5.56 Å². The number of hydrogen-bond acceptors (Lipinski definition) is 4. The van der Waals surface area contributed by atoms with Crippen molar-refractivity contribution in [1.29, 1.82) is 0 Å². The van der Waals surface area contributed by atoms with Gasteiger partial charge in [0.25, 0.3) is 5.69 Å². The molecule has 0 saturated carbocycles. The summed E-state index contributed by atoms with van der Waals surface area (Å²) in [5.41, 5.74) is 0.866. The van der Waals surface area contributed by atoms with E-state index in [9.17, 15) is 14.9 Å². The van der Waals surface area contributed by atoms with Crippen molar-refractivity contribution in [3.63, 3.8) is 0 Å². The maximum absolute atomic E-state index is 12.4. The second-order valence-electron chi connectivity index (χ2n) is 4.88. The van der Waals surface area contributed by atoms with Crippen molar-refractivity contribution in [3.8, 4) is 5.75 Å². The van der Waals surface area contributed by atoms with E-state index in [1.54, 1.807) is 6.92 Å². The molecule has 1 amide bonds. The summed E-state index contributed by atoms with van der Waals surface area (Å²) >= 11 is 5.88. The first-order valence-electron chi connectivity index (χ1n) is 6.81. The van der Waals surface area contributed by atoms with Crippen LogP contribution in [-0.2, 0) is 4.79 Å². The van der Waals surface area contributed by atoms with Crippen LogP contribution >= 0.6 is 11.6 Å². The molecule has 120 valence electrons. The molecule has 0 fully saturated rings. The van der Waals surface area contributed by atoms with Crippen molar-refractivity contribution in [1.82, 2.24) is 0 Å². The van der Waals surface area contributed by atoms with Crippen LogP contribution in [0, 0.1) is 10.1 Å². The molecule has 0 saturated heterocycles. The third-order valence-corrected chi connectivity index (χ3v) is 3.72. The van der Waals surface area contributed by atoms with Gasteiger partial charge in [-0.2, -0.15) is 0 Å². The van der Waals surface area contributed by atoms with E-state index in [4.69, 9.17) is 16.3 Å². The summed E-state index contributed by atoms with van der Waals surface area (Å²) in [4.78, 5) is 22.7. The number of anilines is 1. The Hall–Kier alpha value is -2.60. The third-order valence-electron chi connectivity index (χ3n) is 3.42. The average Bonchev–Trinajstić information content (AvgIpc) is 2.54. The molecule has 0 aliphatic carbocycles. The number of nitrogens with zero attached hydrogens (tertiary/aromatic N) is 1. The Morgan fingerprint density at radius 2 is 1.96 bits per heavy atom. The van der Waals surface area contributed by atoms with E-state index in [2.05, 4.69) is 5.32 Å². The van der Waals surface area contributed by atoms with Crippen LogP contribution in [0.15, 0.2) is 42.5 Å². The van der Waals surface area contributed by atoms with Crippen molar-refractivity contribution in [2.45, 2.75) is 12.8 Å². The Balaban J connectivity index is 2.27. The van der Waals surface area contributed by atoms with Gasteiger partial charge in [0.2, 0.25) is 5.91 Å². The van der Waals surface area contributed by atoms with E-state index >= 15 is 0 Å². The Morgan fingerprint density at radius 1 is 1.30 bits per heavy atom. The average molecular weight is 335 g/mol. The first-order chi connectivity index (χ1) is 10.9. The molecule has 0 aromatic heterocycles. The van der Waals surface area contributed by atoms with Crippen LogP contribution in [0.4, 0.5) is 11.4 Å². The van der Waals surface area contributed by atoms with Gasteiger partial charge in [-0.1, -0.05) is 41.9 Å². The number of rotatable bonds is 5. The number of hydrogen-bond donors (Lipinski definition) is 1. The van der Waals surface area contributed by atoms with Crippen LogP contribution in [0.5, 0.6) is 5.75 Å². The molecular weight excluding hydrogens is 320 g/mol. The van der Waals surface area contributed by atoms with Gasteiger partial charge in [0.15, 0.2) is 0 Å². The summed E-state index contributed by atoms with van der Waals surface area (Å²) in [5, 5.41) is 13.5. The van der Waals surface area contributed by atoms with Crippen molar-refractivity contribution in [3.05, 3.63) is 63.2 Å². The molecule has 1 atom stereocenters. The number of methoxy groups -OCH3 is 1. The van der Waals surface area contributed by atoms with Gasteiger partial charge in [0.05, 0.1) is 29.7 Å². The lowest BCUT2D eigenvalue weighted by Gasteiger charge is -2.15. The van der Waals surface area contributed by atoms with E-state index in [1.165, 1.54) is 19.2 Å². The molecule has 0 bridgehead atoms. The largest absolute Gasteiger partial charge is 0.494 e. The topological polar surface area (TPSA) is 81.5 Å². The van der Waals surface area contributed by atoms with Crippen molar-refractivity contribution < 1.29 is 14.5 Å². The monoisotopic (exact) mass is 334 g/mol. The van der Waals surface area contributed by atoms with Gasteiger partial charge in [-0.05, 0) is 18.6 Å². The van der Waals surface area contributed by atoms with E-state index < -0.39 is 10.8 Å². The molecule has 7 heteroatoms. The number of halogens is 1. The summed E-state index contributed by atoms with van der Waals surface area (Å²) < 4.78 is 5.10. The number of amides is 1. The molecule has 0 aliphatic heterocycles. The molecule has 0 spiro atoms. The van der Waals surface area contributed by atoms with Crippen LogP contribution in [0.3, 0.4) is 0 Å². The van der Waals surface area contributed by atoms with Crippen molar-refractivity contribution in [2.24, 2.45) is 0 Å². The second kappa shape index (κ2) is 7.11. The molecule has 0 radical (unpaired) electrons. The number of benzene rings is 2. The van der Waals surface area contributed by atoms with Crippen LogP contribution in [0.25, 0.3) is 0 Å². The first-order valence-corrected chi connectivity index (χ1v) is 7.19. The zero-order chi connectivity index (χ0) is 17.0. The summed E-state index contributed by atoms with van der Waals surface area (Å²) in [6, 6.07) is 11.8. The lowest BCUT2D eigenvalue weighted by atomic mass is 10.0. The number of nitrogens with one attached hydrogen (secondary N) is 1. The van der Waals surface area contributed by atoms with Crippen LogP contribution in [0.1, 0.15) is 18.4 Å². The minimum Gasteiger partial charge on any atom is -0.494 e. The highest BCUT2D eigenvalue weighted by atomic mass is 35.5. The van der Waals surface area contributed by atoms with Gasteiger partial charge in [-0.25, -0.2) is 0 Å². The summed E-state index contributed by atoms with van der Waals surface area (Å²) in [7, 11) is 1.36. The molecular formula is C16H15ClN2O4. The molecule has 6 nitrogen and oxygen atoms in total. The zero-order valence-corrected chi connectivity index (χ0v) is 13.3. The number of carbonyl (C=O) groups excluding carboxylic acids is 1. The fourth-order valence-electron chi connectivity index (χ4n) is 2.08. The van der Waals surface area contributed by atoms with Gasteiger partial charge < -0.3 is 10.1 Å². The van der Waals surface area contributed by atoms with Crippen LogP contribution in [-0.4, -0.2) is 17.9 Å². The van der Waals surface area contributed by atoms with Gasteiger partial charge in [-0.3, -0.25) is 14.9 Å². The Kier molecular flexibility index (Phi) is 5.18. The summed E-state index contributed by atoms with van der Waals surface area (Å²) in [5.74, 6) is -0.482. The molecule has 0 heterocycles. The molecule has 2 aromatic rings. The number of carbonyl (C=O) groups is 1. The number of nitro groups is 1. The highest BCUT2D eigenvalue weighted by Gasteiger charge is 2.21. The molecule has 1 N–H and O–H groups in total. The Bertz CT molecular complexity index is 734. The second-order valence-corrected chi connectivity index (χ2v) is 5.29. The smallest absolute Gasteiger partial charge is 0.291 e. The minimum atomic E-state index is -0.608. The number of nitro benzene ring substituents is 1. The Morgan fingerprint density at radius 3 is 2.52 bits per heavy atom. The Labute approximate surface area is 138 Å². The quantitative estimate of drug-likeness (QED) is 0.662. The molecule has 0 unspecified atom stereocenters. The van der Waals surface area contributed by atoms with Gasteiger partial charge >= 0.3 is 0 Å². The molecule has 0 aliphatic rings. The highest BCUT2D eigenvalue weighted by Crippen LogP contribution is 2.36. The fraction of sp³-hybridized carbons (Fsp3) is 0.188. The highest BCUT2D eigenvalue weighted by molar-refractivity contribution is 6.33. The SMILES string of the molecule is COc1cc([N+](=O)[O-])c(Cl)cc1NC(=O)[C@H](C)c1ccccc1. The van der Waals surface area contributed by atoms with Crippen molar-refractivity contribution >= 4 is 28.9 Å². The summed E-state index contributed by atoms with van der Waals surface area (Å²) in [6.45, 7) is 1.77. The third kappa shape index (κ3) is 3.78. The zero-order valence-electron chi connectivity index (χ0n) is 12.6. The number of ether oxygens (including phenoxy) is 1. The van der Waals surface area contributed by atoms with Gasteiger partial charge in [0, 0.05) is 0 Å².